The van der Waals surface area contributed by atoms with Gasteiger partial charge < -0.3 is 15.4 Å². The first kappa shape index (κ1) is 29.2. The van der Waals surface area contributed by atoms with Crippen molar-refractivity contribution >= 4 is 54.6 Å². The normalized spacial score (nSPS) is 21.5. The van der Waals surface area contributed by atoms with Gasteiger partial charge in [0.05, 0.1) is 18.7 Å². The largest absolute Gasteiger partial charge is 0.497 e. The summed E-state index contributed by atoms with van der Waals surface area (Å²) in [4.78, 5) is 33.8. The summed E-state index contributed by atoms with van der Waals surface area (Å²) in [5.74, 6) is 2.10. The van der Waals surface area contributed by atoms with Crippen LogP contribution in [0.1, 0.15) is 43.4 Å². The molecular weight excluding hydrogens is 596 g/mol. The number of nitrogens with one attached hydrogen (secondary N) is 2. The maximum Gasteiger partial charge on any atom is 0.253 e. The highest BCUT2D eigenvalue weighted by atomic mass is 16.5. The molecule has 7 aromatic rings. The fraction of sp³-hybridized carbons (Fsp3) is 0.293. The van der Waals surface area contributed by atoms with Gasteiger partial charge in [-0.15, -0.1) is 0 Å². The van der Waals surface area contributed by atoms with Crippen molar-refractivity contribution in [2.24, 2.45) is 11.8 Å². The fourth-order valence-corrected chi connectivity index (χ4v) is 8.90. The molecule has 7 heteroatoms. The number of aromatic nitrogens is 1. The number of pyridine rings is 1. The number of nitrogens with zero attached hydrogens (tertiary/aromatic N) is 2. The van der Waals surface area contributed by atoms with Crippen molar-refractivity contribution in [3.05, 3.63) is 117 Å². The molecular formula is C41H38N4O3. The SMILES string of the molecule is CCC1CN2CCC1CC2[C@@H](Nc1c(NCc2ccc3ccc4cccc5ccc2c3c45)c(=O)c1=O)c1ccnc2ccc(OC)cc12. The summed E-state index contributed by atoms with van der Waals surface area (Å²) in [6.07, 6.45) is 5.28. The smallest absolute Gasteiger partial charge is 0.253 e. The van der Waals surface area contributed by atoms with Gasteiger partial charge in [0.25, 0.3) is 10.9 Å². The van der Waals surface area contributed by atoms with E-state index in [0.717, 1.165) is 52.7 Å². The summed E-state index contributed by atoms with van der Waals surface area (Å²) in [5.41, 5.74) is 2.85. The van der Waals surface area contributed by atoms with Crippen LogP contribution in [-0.2, 0) is 6.54 Å². The minimum Gasteiger partial charge on any atom is -0.497 e. The minimum atomic E-state index is -0.466. The molecule has 0 spiro atoms. The number of hydrogen-bond acceptors (Lipinski definition) is 7. The number of hydrogen-bond donors (Lipinski definition) is 2. The third kappa shape index (κ3) is 4.48. The molecule has 2 bridgehead atoms. The average molecular weight is 635 g/mol. The Labute approximate surface area is 278 Å². The Balaban J connectivity index is 1.09. The van der Waals surface area contributed by atoms with Gasteiger partial charge in [-0.05, 0) is 98.9 Å². The van der Waals surface area contributed by atoms with Crippen LogP contribution in [0.5, 0.6) is 5.75 Å². The number of fused-ring (bicyclic) bond motifs is 4. The Kier molecular flexibility index (Phi) is 6.87. The van der Waals surface area contributed by atoms with Gasteiger partial charge in [0, 0.05) is 30.7 Å². The maximum absolute atomic E-state index is 13.3. The van der Waals surface area contributed by atoms with Crippen LogP contribution in [0.4, 0.5) is 11.4 Å². The molecule has 0 aliphatic carbocycles. The zero-order chi connectivity index (χ0) is 32.5. The monoisotopic (exact) mass is 634 g/mol. The Morgan fingerprint density at radius 3 is 2.44 bits per heavy atom. The molecule has 5 atom stereocenters. The molecule has 0 amide bonds. The first-order valence-electron chi connectivity index (χ1n) is 17.2. The van der Waals surface area contributed by atoms with E-state index >= 15 is 0 Å². The van der Waals surface area contributed by atoms with Gasteiger partial charge >= 0.3 is 0 Å². The molecule has 4 heterocycles. The van der Waals surface area contributed by atoms with Crippen LogP contribution in [0, 0.1) is 11.8 Å². The summed E-state index contributed by atoms with van der Waals surface area (Å²) >= 11 is 0. The molecule has 48 heavy (non-hydrogen) atoms. The zero-order valence-corrected chi connectivity index (χ0v) is 27.3. The van der Waals surface area contributed by atoms with Crippen molar-refractivity contribution in [3.63, 3.8) is 0 Å². The van der Waals surface area contributed by atoms with Gasteiger partial charge in [0.15, 0.2) is 0 Å². The number of ether oxygens (including phenoxy) is 1. The molecule has 3 saturated heterocycles. The molecule has 1 aromatic heterocycles. The molecule has 3 aliphatic heterocycles. The topological polar surface area (TPSA) is 83.6 Å². The van der Waals surface area contributed by atoms with Gasteiger partial charge in [-0.25, -0.2) is 0 Å². The molecule has 0 saturated carbocycles. The number of benzene rings is 5. The summed E-state index contributed by atoms with van der Waals surface area (Å²) in [6, 6.07) is 27.4. The van der Waals surface area contributed by atoms with Gasteiger partial charge in [-0.3, -0.25) is 19.5 Å². The van der Waals surface area contributed by atoms with Crippen LogP contribution < -0.4 is 26.2 Å². The predicted octanol–water partition coefficient (Wildman–Crippen LogP) is 7.62. The van der Waals surface area contributed by atoms with Gasteiger partial charge in [-0.2, -0.15) is 0 Å². The Hall–Kier alpha value is -5.01. The predicted molar refractivity (Wildman–Crippen MR) is 195 cm³/mol. The van der Waals surface area contributed by atoms with E-state index in [-0.39, 0.29) is 12.1 Å². The number of methoxy groups -OCH3 is 1. The van der Waals surface area contributed by atoms with Crippen LogP contribution in [-0.4, -0.2) is 36.1 Å². The van der Waals surface area contributed by atoms with Crippen molar-refractivity contribution in [2.45, 2.75) is 44.8 Å². The van der Waals surface area contributed by atoms with Crippen molar-refractivity contribution in [3.8, 4) is 5.75 Å². The summed E-state index contributed by atoms with van der Waals surface area (Å²) in [5, 5.41) is 15.3. The maximum atomic E-state index is 13.3. The highest BCUT2D eigenvalue weighted by Gasteiger charge is 2.44. The van der Waals surface area contributed by atoms with Crippen LogP contribution >= 0.6 is 0 Å². The second-order valence-corrected chi connectivity index (χ2v) is 13.8. The van der Waals surface area contributed by atoms with Crippen LogP contribution in [0.3, 0.4) is 0 Å². The Morgan fingerprint density at radius 2 is 1.67 bits per heavy atom. The summed E-state index contributed by atoms with van der Waals surface area (Å²) < 4.78 is 5.61. The first-order chi connectivity index (χ1) is 23.5. The van der Waals surface area contributed by atoms with Crippen LogP contribution in [0.2, 0.25) is 0 Å². The molecule has 6 aromatic carbocycles. The van der Waals surface area contributed by atoms with Gasteiger partial charge in [0.2, 0.25) is 0 Å². The van der Waals surface area contributed by atoms with E-state index in [9.17, 15) is 9.59 Å². The minimum absolute atomic E-state index is 0.179. The number of piperidine rings is 3. The lowest BCUT2D eigenvalue weighted by atomic mass is 9.72. The second-order valence-electron chi connectivity index (χ2n) is 13.8. The number of anilines is 2. The van der Waals surface area contributed by atoms with E-state index in [0.29, 0.717) is 29.8 Å². The Morgan fingerprint density at radius 1 is 0.896 bits per heavy atom. The summed E-state index contributed by atoms with van der Waals surface area (Å²) in [7, 11) is 1.67. The second kappa shape index (κ2) is 11.3. The molecule has 3 fully saturated rings. The van der Waals surface area contributed by atoms with Crippen molar-refractivity contribution in [1.29, 1.82) is 0 Å². The van der Waals surface area contributed by atoms with Crippen molar-refractivity contribution < 1.29 is 4.74 Å². The van der Waals surface area contributed by atoms with Crippen molar-refractivity contribution in [1.82, 2.24) is 9.88 Å². The zero-order valence-electron chi connectivity index (χ0n) is 27.3. The van der Waals surface area contributed by atoms with E-state index in [2.05, 4.69) is 88.1 Å². The third-order valence-electron chi connectivity index (χ3n) is 11.4. The molecule has 2 N–H and O–H groups in total. The summed E-state index contributed by atoms with van der Waals surface area (Å²) in [6.45, 7) is 4.83. The quantitative estimate of drug-likeness (QED) is 0.125. The third-order valence-corrected chi connectivity index (χ3v) is 11.4. The molecule has 240 valence electrons. The van der Waals surface area contributed by atoms with Crippen LogP contribution in [0.15, 0.2) is 94.6 Å². The molecule has 10 rings (SSSR count). The van der Waals surface area contributed by atoms with E-state index < -0.39 is 10.9 Å². The van der Waals surface area contributed by atoms with E-state index in [1.807, 2.05) is 24.4 Å². The van der Waals surface area contributed by atoms with Gasteiger partial charge in [-0.1, -0.05) is 67.9 Å². The standard InChI is InChI=1S/C41H38N4O3/c1-3-23-22-45-18-16-27(23)19-34(45)37(31-15-17-42-33-14-12-29(48-2)20-32(31)33)44-39-38(40(46)41(39)47)43-21-28-10-9-26-8-7-24-5-4-6-25-11-13-30(28)36(26)35(24)25/h4-15,17,20,23,27,34,37,43-44H,3,16,18-19,21-22H2,1-2H3/t23?,27?,34?,37-/m0/s1. The van der Waals surface area contributed by atoms with Gasteiger partial charge in [0.1, 0.15) is 17.1 Å². The first-order valence-corrected chi connectivity index (χ1v) is 17.2. The highest BCUT2D eigenvalue weighted by molar-refractivity contribution is 6.23. The lowest BCUT2D eigenvalue weighted by molar-refractivity contribution is -0.00782. The van der Waals surface area contributed by atoms with Crippen LogP contribution in [0.25, 0.3) is 43.2 Å². The molecule has 0 radical (unpaired) electrons. The molecule has 4 unspecified atom stereocenters. The molecule has 7 nitrogen and oxygen atoms in total. The lowest BCUT2D eigenvalue weighted by Crippen LogP contribution is -2.56. The Bertz CT molecular complexity index is 2390. The highest BCUT2D eigenvalue weighted by Crippen LogP contribution is 2.44. The van der Waals surface area contributed by atoms with Crippen molar-refractivity contribution in [2.75, 3.05) is 30.8 Å². The number of rotatable bonds is 9. The lowest BCUT2D eigenvalue weighted by Gasteiger charge is -2.52. The van der Waals surface area contributed by atoms with E-state index in [4.69, 9.17) is 4.74 Å². The fourth-order valence-electron chi connectivity index (χ4n) is 8.90. The van der Waals surface area contributed by atoms with E-state index in [1.54, 1.807) is 7.11 Å². The van der Waals surface area contributed by atoms with E-state index in [1.165, 1.54) is 39.8 Å². The average Bonchev–Trinajstić information content (AvgIpc) is 3.14. The molecule has 3 aliphatic rings.